The van der Waals surface area contributed by atoms with Crippen LogP contribution >= 0.6 is 0 Å². The van der Waals surface area contributed by atoms with Gasteiger partial charge in [-0.25, -0.2) is 0 Å². The summed E-state index contributed by atoms with van der Waals surface area (Å²) in [7, 11) is -4.56. The Kier molecular flexibility index (Phi) is 6.82. The molecule has 0 saturated heterocycles. The van der Waals surface area contributed by atoms with E-state index < -0.39 is 16.1 Å². The second-order valence-electron chi connectivity index (χ2n) is 15.0. The monoisotopic (exact) mass is 642 g/mol. The number of benzene rings is 4. The van der Waals surface area contributed by atoms with Crippen LogP contribution in [-0.4, -0.2) is 16.1 Å². The van der Waals surface area contributed by atoms with Gasteiger partial charge in [-0.15, -0.1) is 0 Å². The van der Waals surface area contributed by atoms with E-state index in [2.05, 4.69) is 125 Å². The van der Waals surface area contributed by atoms with Crippen LogP contribution in [0.2, 0.25) is 0 Å². The molecular formula is C45H46Si2. The first-order chi connectivity index (χ1) is 23.0. The topological polar surface area (TPSA) is 0 Å². The highest BCUT2D eigenvalue weighted by molar-refractivity contribution is 7.13. The van der Waals surface area contributed by atoms with Gasteiger partial charge in [0.25, 0.3) is 0 Å². The Morgan fingerprint density at radius 2 is 0.723 bits per heavy atom. The zero-order valence-corrected chi connectivity index (χ0v) is 30.6. The Bertz CT molecular complexity index is 1880. The molecule has 3 aliphatic carbocycles. The number of fused-ring (bicyclic) bond motifs is 5. The SMILES string of the molecule is CC1=C2CCCCC2=C(C)[Si]1(c1ccccc1)c1ccc2c(c1)-c1cc([Si]3(c4ccccc4)C(C)=C4CCCCC4=C3C)ccc1C2. The van der Waals surface area contributed by atoms with Crippen LogP contribution in [0.1, 0.15) is 90.2 Å². The molecule has 9 rings (SSSR count). The van der Waals surface area contributed by atoms with Gasteiger partial charge in [-0.3, -0.25) is 0 Å². The molecule has 2 fully saturated rings. The maximum atomic E-state index is 2.68. The van der Waals surface area contributed by atoms with Crippen LogP contribution < -0.4 is 20.7 Å². The Labute approximate surface area is 283 Å². The van der Waals surface area contributed by atoms with E-state index in [1.54, 1.807) is 63.8 Å². The summed E-state index contributed by atoms with van der Waals surface area (Å²) in [6.45, 7) is 10.0. The van der Waals surface area contributed by atoms with E-state index in [1.807, 2.05) is 0 Å². The lowest BCUT2D eigenvalue weighted by Gasteiger charge is -2.34. The first kappa shape index (κ1) is 29.4. The molecule has 0 aromatic heterocycles. The minimum atomic E-state index is -2.28. The summed E-state index contributed by atoms with van der Waals surface area (Å²) in [5.74, 6) is 0. The summed E-state index contributed by atoms with van der Waals surface area (Å²) in [5.41, 5.74) is 12.8. The summed E-state index contributed by atoms with van der Waals surface area (Å²) >= 11 is 0. The first-order valence-corrected chi connectivity index (χ1v) is 22.2. The maximum Gasteiger partial charge on any atom is 0.171 e. The van der Waals surface area contributed by atoms with Crippen molar-refractivity contribution in [1.82, 2.24) is 0 Å². The van der Waals surface area contributed by atoms with Gasteiger partial charge in [-0.05, 0) is 151 Å². The molecule has 47 heavy (non-hydrogen) atoms. The van der Waals surface area contributed by atoms with Crippen LogP contribution in [0, 0.1) is 0 Å². The summed E-state index contributed by atoms with van der Waals surface area (Å²) in [6.07, 6.45) is 11.4. The van der Waals surface area contributed by atoms with Gasteiger partial charge >= 0.3 is 0 Å². The summed E-state index contributed by atoms with van der Waals surface area (Å²) in [5, 5.41) is 13.1. The molecule has 2 heterocycles. The highest BCUT2D eigenvalue weighted by Gasteiger charge is 2.50. The van der Waals surface area contributed by atoms with Gasteiger partial charge in [-0.2, -0.15) is 0 Å². The molecule has 0 nitrogen and oxygen atoms in total. The highest BCUT2D eigenvalue weighted by atomic mass is 28.3. The molecule has 0 N–H and O–H groups in total. The molecule has 0 radical (unpaired) electrons. The smallest absolute Gasteiger partial charge is 0.0672 e. The molecule has 0 atom stereocenters. The second-order valence-corrected chi connectivity index (χ2v) is 23.3. The van der Waals surface area contributed by atoms with E-state index >= 15 is 0 Å². The van der Waals surface area contributed by atoms with E-state index in [9.17, 15) is 0 Å². The fourth-order valence-corrected chi connectivity index (χ4v) is 22.0. The molecule has 5 aliphatic rings. The van der Waals surface area contributed by atoms with Crippen LogP contribution in [-0.2, 0) is 6.42 Å². The molecule has 234 valence electrons. The van der Waals surface area contributed by atoms with Crippen molar-refractivity contribution in [2.24, 2.45) is 0 Å². The normalized spacial score (nSPS) is 20.9. The Morgan fingerprint density at radius 3 is 1.06 bits per heavy atom. The Hall–Kier alpha value is -3.73. The lowest BCUT2D eigenvalue weighted by Crippen LogP contribution is -2.60. The predicted molar refractivity (Wildman–Crippen MR) is 205 cm³/mol. The third-order valence-electron chi connectivity index (χ3n) is 13.2. The standard InChI is InChI=1S/C45H46Si2/c1-30-40-19-11-12-20-41(40)31(2)46(30,36-15-7-5-8-16-36)38-25-23-34-27-35-24-26-39(29-45(35)44(34)28-38)47(37-17-9-6-10-18-37)32(3)42-21-13-14-22-43(42)33(47)4/h5-10,15-18,23-26,28-29H,11-14,19-22,27H2,1-4H3. The van der Waals surface area contributed by atoms with Gasteiger partial charge in [-0.1, -0.05) is 118 Å². The lowest BCUT2D eigenvalue weighted by atomic mass is 9.89. The van der Waals surface area contributed by atoms with Gasteiger partial charge in [0.05, 0.1) is 0 Å². The van der Waals surface area contributed by atoms with Crippen LogP contribution in [0.5, 0.6) is 0 Å². The van der Waals surface area contributed by atoms with E-state index in [-0.39, 0.29) is 0 Å². The first-order valence-electron chi connectivity index (χ1n) is 18.2. The highest BCUT2D eigenvalue weighted by Crippen LogP contribution is 2.48. The maximum absolute atomic E-state index is 2.68. The second kappa shape index (κ2) is 10.9. The summed E-state index contributed by atoms with van der Waals surface area (Å²) in [4.78, 5) is 0. The molecule has 0 spiro atoms. The molecule has 4 aromatic rings. The zero-order valence-electron chi connectivity index (χ0n) is 28.6. The van der Waals surface area contributed by atoms with Crippen molar-refractivity contribution in [1.29, 1.82) is 0 Å². The van der Waals surface area contributed by atoms with Gasteiger partial charge in [0.15, 0.2) is 16.1 Å². The molecule has 2 aliphatic heterocycles. The van der Waals surface area contributed by atoms with Crippen molar-refractivity contribution in [2.45, 2.75) is 85.5 Å². The fourth-order valence-electron chi connectivity index (χ4n) is 11.0. The van der Waals surface area contributed by atoms with Crippen LogP contribution in [0.4, 0.5) is 0 Å². The summed E-state index contributed by atoms with van der Waals surface area (Å²) in [6, 6.07) is 38.7. The summed E-state index contributed by atoms with van der Waals surface area (Å²) < 4.78 is 0. The van der Waals surface area contributed by atoms with Gasteiger partial charge in [0.1, 0.15) is 0 Å². The number of hydrogen-bond acceptors (Lipinski definition) is 0. The van der Waals surface area contributed by atoms with Crippen molar-refractivity contribution in [3.63, 3.8) is 0 Å². The molecule has 2 saturated carbocycles. The lowest BCUT2D eigenvalue weighted by molar-refractivity contribution is 0.677. The van der Waals surface area contributed by atoms with Gasteiger partial charge in [0, 0.05) is 0 Å². The molecule has 4 aromatic carbocycles. The third kappa shape index (κ3) is 3.92. The number of rotatable bonds is 4. The average molecular weight is 643 g/mol. The number of hydrogen-bond donors (Lipinski definition) is 0. The van der Waals surface area contributed by atoms with Gasteiger partial charge < -0.3 is 0 Å². The number of allylic oxidation sites excluding steroid dienone is 8. The molecule has 0 bridgehead atoms. The van der Waals surface area contributed by atoms with Crippen molar-refractivity contribution < 1.29 is 0 Å². The minimum Gasteiger partial charge on any atom is -0.0672 e. The molecule has 0 amide bonds. The average Bonchev–Trinajstić information content (AvgIpc) is 3.69. The van der Waals surface area contributed by atoms with Crippen molar-refractivity contribution in [3.8, 4) is 11.1 Å². The minimum absolute atomic E-state index is 1.05. The molecule has 0 unspecified atom stereocenters. The largest absolute Gasteiger partial charge is 0.171 e. The Balaban J connectivity index is 1.26. The van der Waals surface area contributed by atoms with Crippen molar-refractivity contribution >= 4 is 36.9 Å². The van der Waals surface area contributed by atoms with E-state index in [0.717, 1.165) is 6.42 Å². The Morgan fingerprint density at radius 1 is 0.383 bits per heavy atom. The van der Waals surface area contributed by atoms with E-state index in [0.29, 0.717) is 0 Å². The molecular weight excluding hydrogens is 597 g/mol. The predicted octanol–water partition coefficient (Wildman–Crippen LogP) is 8.98. The fraction of sp³-hybridized carbons (Fsp3) is 0.289. The van der Waals surface area contributed by atoms with Crippen molar-refractivity contribution in [2.75, 3.05) is 0 Å². The van der Waals surface area contributed by atoms with Crippen molar-refractivity contribution in [3.05, 3.63) is 151 Å². The van der Waals surface area contributed by atoms with E-state index in [4.69, 9.17) is 0 Å². The van der Waals surface area contributed by atoms with Crippen LogP contribution in [0.15, 0.2) is 140 Å². The zero-order chi connectivity index (χ0) is 31.9. The third-order valence-corrected chi connectivity index (χ3v) is 23.6. The van der Waals surface area contributed by atoms with Gasteiger partial charge in [0.2, 0.25) is 0 Å². The molecule has 2 heteroatoms. The van der Waals surface area contributed by atoms with Crippen LogP contribution in [0.25, 0.3) is 11.1 Å². The quantitative estimate of drug-likeness (QED) is 0.172. The van der Waals surface area contributed by atoms with Crippen LogP contribution in [0.3, 0.4) is 0 Å². The van der Waals surface area contributed by atoms with E-state index in [1.165, 1.54) is 73.6 Å².